The van der Waals surface area contributed by atoms with Crippen LogP contribution in [-0.4, -0.2) is 23.2 Å². The molecular formula is C12H14F3N3O. The summed E-state index contributed by atoms with van der Waals surface area (Å²) >= 11 is 0. The van der Waals surface area contributed by atoms with Crippen LogP contribution in [0.3, 0.4) is 0 Å². The zero-order valence-electron chi connectivity index (χ0n) is 10.3. The van der Waals surface area contributed by atoms with E-state index in [0.29, 0.717) is 25.5 Å². The summed E-state index contributed by atoms with van der Waals surface area (Å²) in [5.74, 6) is 0.148. The lowest BCUT2D eigenvalue weighted by Gasteiger charge is -2.22. The van der Waals surface area contributed by atoms with E-state index < -0.39 is 11.9 Å². The van der Waals surface area contributed by atoms with Crippen molar-refractivity contribution < 1.29 is 17.9 Å². The van der Waals surface area contributed by atoms with Crippen molar-refractivity contribution in [2.45, 2.75) is 38.0 Å². The molecule has 0 aromatic carbocycles. The van der Waals surface area contributed by atoms with Gasteiger partial charge < -0.3 is 10.1 Å². The molecule has 1 aromatic heterocycles. The second-order valence-corrected chi connectivity index (χ2v) is 4.87. The summed E-state index contributed by atoms with van der Waals surface area (Å²) in [4.78, 5) is 8.08. The molecule has 7 heteroatoms. The van der Waals surface area contributed by atoms with E-state index in [1.807, 2.05) is 0 Å². The maximum atomic E-state index is 13.0. The fraction of sp³-hybridized carbons (Fsp3) is 0.667. The topological polar surface area (TPSA) is 47.0 Å². The van der Waals surface area contributed by atoms with Crippen molar-refractivity contribution in [3.05, 3.63) is 22.8 Å². The van der Waals surface area contributed by atoms with Crippen LogP contribution in [0.1, 0.15) is 41.5 Å². The van der Waals surface area contributed by atoms with E-state index in [4.69, 9.17) is 4.74 Å². The Kier molecular flexibility index (Phi) is 3.18. The van der Waals surface area contributed by atoms with E-state index in [1.165, 1.54) is 0 Å². The van der Waals surface area contributed by atoms with Crippen LogP contribution in [0.5, 0.6) is 0 Å². The molecule has 1 atom stereocenters. The minimum Gasteiger partial charge on any atom is -0.381 e. The summed E-state index contributed by atoms with van der Waals surface area (Å²) in [6.07, 6.45) is -2.81. The minimum absolute atomic E-state index is 0.124. The first-order valence-electron chi connectivity index (χ1n) is 6.31. The molecule has 0 aliphatic carbocycles. The smallest absolute Gasteiger partial charge is 0.381 e. The van der Waals surface area contributed by atoms with Crippen molar-refractivity contribution in [2.75, 3.05) is 13.2 Å². The van der Waals surface area contributed by atoms with Crippen LogP contribution >= 0.6 is 0 Å². The van der Waals surface area contributed by atoms with Gasteiger partial charge in [-0.3, -0.25) is 0 Å². The lowest BCUT2D eigenvalue weighted by Crippen LogP contribution is -2.22. The van der Waals surface area contributed by atoms with Gasteiger partial charge in [0.05, 0.1) is 12.3 Å². The van der Waals surface area contributed by atoms with Crippen LogP contribution in [0.15, 0.2) is 0 Å². The average Bonchev–Trinajstić information content (AvgIpc) is 2.85. The van der Waals surface area contributed by atoms with E-state index in [1.54, 1.807) is 0 Å². The van der Waals surface area contributed by atoms with Crippen molar-refractivity contribution in [1.29, 1.82) is 0 Å². The molecule has 3 heterocycles. The highest BCUT2D eigenvalue weighted by molar-refractivity contribution is 5.31. The largest absolute Gasteiger partial charge is 0.433 e. The first kappa shape index (κ1) is 12.8. The SMILES string of the molecule is FC(F)(F)c1nc(C2CCCOC2)nc2c1CNC2. The summed E-state index contributed by atoms with van der Waals surface area (Å²) in [5, 5.41) is 2.90. The monoisotopic (exact) mass is 273 g/mol. The first-order valence-corrected chi connectivity index (χ1v) is 6.31. The zero-order chi connectivity index (χ0) is 13.5. The normalized spacial score (nSPS) is 23.4. The lowest BCUT2D eigenvalue weighted by molar-refractivity contribution is -0.142. The molecule has 2 aliphatic heterocycles. The van der Waals surface area contributed by atoms with Gasteiger partial charge in [0.2, 0.25) is 0 Å². The molecule has 19 heavy (non-hydrogen) atoms. The van der Waals surface area contributed by atoms with Gasteiger partial charge in [-0.25, -0.2) is 9.97 Å². The third kappa shape index (κ3) is 2.44. The number of ether oxygens (including phenoxy) is 1. The minimum atomic E-state index is -4.43. The quantitative estimate of drug-likeness (QED) is 0.850. The van der Waals surface area contributed by atoms with Gasteiger partial charge in [-0.05, 0) is 12.8 Å². The van der Waals surface area contributed by atoms with E-state index in [-0.39, 0.29) is 23.9 Å². The number of hydrogen-bond acceptors (Lipinski definition) is 4. The highest BCUT2D eigenvalue weighted by Crippen LogP contribution is 2.34. The van der Waals surface area contributed by atoms with Crippen LogP contribution in [0.25, 0.3) is 0 Å². The lowest BCUT2D eigenvalue weighted by atomic mass is 10.0. The van der Waals surface area contributed by atoms with Crippen LogP contribution in [0, 0.1) is 0 Å². The van der Waals surface area contributed by atoms with Gasteiger partial charge >= 0.3 is 6.18 Å². The summed E-state index contributed by atoms with van der Waals surface area (Å²) in [6.45, 7) is 1.63. The Bertz CT molecular complexity index is 484. The molecule has 104 valence electrons. The van der Waals surface area contributed by atoms with Crippen molar-refractivity contribution in [2.24, 2.45) is 0 Å². The summed E-state index contributed by atoms with van der Waals surface area (Å²) < 4.78 is 44.4. The van der Waals surface area contributed by atoms with E-state index in [9.17, 15) is 13.2 Å². The predicted octanol–water partition coefficient (Wildman–Crippen LogP) is 1.99. The van der Waals surface area contributed by atoms with Crippen molar-refractivity contribution in [1.82, 2.24) is 15.3 Å². The first-order chi connectivity index (χ1) is 9.05. The number of nitrogens with zero attached hydrogens (tertiary/aromatic N) is 2. The highest BCUT2D eigenvalue weighted by atomic mass is 19.4. The summed E-state index contributed by atoms with van der Waals surface area (Å²) in [6, 6.07) is 0. The van der Waals surface area contributed by atoms with Crippen LogP contribution in [0.4, 0.5) is 13.2 Å². The standard InChI is InChI=1S/C12H14F3N3O/c13-12(14,15)10-8-4-16-5-9(8)17-11(18-10)7-2-1-3-19-6-7/h7,16H,1-6H2. The Labute approximate surface area is 108 Å². The molecule has 1 unspecified atom stereocenters. The second-order valence-electron chi connectivity index (χ2n) is 4.87. The Morgan fingerprint density at radius 1 is 1.21 bits per heavy atom. The van der Waals surface area contributed by atoms with Crippen LogP contribution < -0.4 is 5.32 Å². The third-order valence-corrected chi connectivity index (χ3v) is 3.50. The Morgan fingerprint density at radius 2 is 2.05 bits per heavy atom. The molecule has 1 N–H and O–H groups in total. The van der Waals surface area contributed by atoms with Gasteiger partial charge in [0.1, 0.15) is 5.82 Å². The summed E-state index contributed by atoms with van der Waals surface area (Å²) in [7, 11) is 0. The van der Waals surface area contributed by atoms with E-state index in [2.05, 4.69) is 15.3 Å². The van der Waals surface area contributed by atoms with Gasteiger partial charge in [-0.15, -0.1) is 0 Å². The van der Waals surface area contributed by atoms with Crippen molar-refractivity contribution in [3.63, 3.8) is 0 Å². The predicted molar refractivity (Wildman–Crippen MR) is 60.4 cm³/mol. The molecule has 4 nitrogen and oxygen atoms in total. The number of halogens is 3. The molecule has 0 saturated carbocycles. The van der Waals surface area contributed by atoms with Gasteiger partial charge in [-0.1, -0.05) is 0 Å². The molecule has 1 aromatic rings. The van der Waals surface area contributed by atoms with Crippen LogP contribution in [0.2, 0.25) is 0 Å². The second kappa shape index (κ2) is 4.72. The van der Waals surface area contributed by atoms with E-state index in [0.717, 1.165) is 12.8 Å². The Balaban J connectivity index is 2.02. The van der Waals surface area contributed by atoms with Gasteiger partial charge in [-0.2, -0.15) is 13.2 Å². The number of aromatic nitrogens is 2. The number of rotatable bonds is 1. The van der Waals surface area contributed by atoms with Crippen molar-refractivity contribution in [3.8, 4) is 0 Å². The van der Waals surface area contributed by atoms with Crippen molar-refractivity contribution >= 4 is 0 Å². The number of nitrogens with one attached hydrogen (secondary N) is 1. The molecule has 0 bridgehead atoms. The Morgan fingerprint density at radius 3 is 2.74 bits per heavy atom. The molecule has 1 fully saturated rings. The number of hydrogen-bond donors (Lipinski definition) is 1. The van der Waals surface area contributed by atoms with Gasteiger partial charge in [0, 0.05) is 31.2 Å². The molecule has 1 saturated heterocycles. The number of alkyl halides is 3. The average molecular weight is 273 g/mol. The fourth-order valence-electron chi connectivity index (χ4n) is 2.55. The molecule has 0 spiro atoms. The highest BCUT2D eigenvalue weighted by Gasteiger charge is 2.39. The zero-order valence-corrected chi connectivity index (χ0v) is 10.3. The fourth-order valence-corrected chi connectivity index (χ4v) is 2.55. The number of fused-ring (bicyclic) bond motifs is 1. The molecular weight excluding hydrogens is 259 g/mol. The third-order valence-electron chi connectivity index (χ3n) is 3.50. The molecule has 3 rings (SSSR count). The van der Waals surface area contributed by atoms with Gasteiger partial charge in [0.15, 0.2) is 5.69 Å². The Hall–Kier alpha value is -1.21. The molecule has 0 radical (unpaired) electrons. The van der Waals surface area contributed by atoms with E-state index >= 15 is 0 Å². The molecule has 0 amide bonds. The summed E-state index contributed by atoms with van der Waals surface area (Å²) in [5.41, 5.74) is -0.126. The maximum absolute atomic E-state index is 13.0. The molecule has 2 aliphatic rings. The van der Waals surface area contributed by atoms with Gasteiger partial charge in [0.25, 0.3) is 0 Å². The van der Waals surface area contributed by atoms with Crippen LogP contribution in [-0.2, 0) is 24.0 Å². The maximum Gasteiger partial charge on any atom is 0.433 e.